The van der Waals surface area contributed by atoms with Crippen LogP contribution in [0.15, 0.2) is 60.0 Å². The Hall–Kier alpha value is -3.42. The highest BCUT2D eigenvalue weighted by molar-refractivity contribution is 5.80. The third-order valence-corrected chi connectivity index (χ3v) is 5.31. The molecule has 0 atom stereocenters. The Kier molecular flexibility index (Phi) is 5.92. The fourth-order valence-electron chi connectivity index (χ4n) is 3.69. The van der Waals surface area contributed by atoms with E-state index in [1.165, 1.54) is 0 Å². The molecule has 3 aromatic rings. The third-order valence-electron chi connectivity index (χ3n) is 5.31. The zero-order valence-electron chi connectivity index (χ0n) is 17.3. The molecule has 1 aromatic carbocycles. The molecule has 1 fully saturated rings. The SMILES string of the molecule is CN=C(NCc1ccc(-n2ccnc2C)c(F)c1)N1CCN(c2ccccn2)CC1. The Labute approximate surface area is 175 Å². The molecule has 0 bridgehead atoms. The van der Waals surface area contributed by atoms with Crippen molar-refractivity contribution < 1.29 is 4.39 Å². The quantitative estimate of drug-likeness (QED) is 0.532. The van der Waals surface area contributed by atoms with Gasteiger partial charge in [-0.15, -0.1) is 0 Å². The van der Waals surface area contributed by atoms with E-state index in [0.29, 0.717) is 12.2 Å². The van der Waals surface area contributed by atoms with Gasteiger partial charge in [-0.25, -0.2) is 14.4 Å². The van der Waals surface area contributed by atoms with E-state index in [-0.39, 0.29) is 5.82 Å². The number of guanidine groups is 1. The monoisotopic (exact) mass is 407 g/mol. The molecule has 0 radical (unpaired) electrons. The number of piperazine rings is 1. The van der Waals surface area contributed by atoms with E-state index in [2.05, 4.69) is 30.1 Å². The Morgan fingerprint density at radius 3 is 2.57 bits per heavy atom. The third kappa shape index (κ3) is 4.27. The van der Waals surface area contributed by atoms with Crippen LogP contribution in [0.3, 0.4) is 0 Å². The van der Waals surface area contributed by atoms with Crippen molar-refractivity contribution in [1.29, 1.82) is 0 Å². The van der Waals surface area contributed by atoms with E-state index in [1.54, 1.807) is 36.1 Å². The standard InChI is InChI=1S/C22H26FN7/c1-17-25-9-10-30(17)20-7-6-18(15-19(20)23)16-27-22(24-2)29-13-11-28(12-14-29)21-5-3-4-8-26-21/h3-10,15H,11-14,16H2,1-2H3,(H,24,27). The van der Waals surface area contributed by atoms with Gasteiger partial charge in [-0.1, -0.05) is 12.1 Å². The molecule has 156 valence electrons. The minimum Gasteiger partial charge on any atom is -0.353 e. The second-order valence-corrected chi connectivity index (χ2v) is 7.19. The van der Waals surface area contributed by atoms with E-state index in [0.717, 1.165) is 49.3 Å². The number of pyridine rings is 1. The van der Waals surface area contributed by atoms with E-state index in [1.807, 2.05) is 37.4 Å². The lowest BCUT2D eigenvalue weighted by molar-refractivity contribution is 0.371. The number of nitrogens with one attached hydrogen (secondary N) is 1. The first-order valence-electron chi connectivity index (χ1n) is 10.1. The Morgan fingerprint density at radius 1 is 1.10 bits per heavy atom. The predicted octanol–water partition coefficient (Wildman–Crippen LogP) is 2.61. The first kappa shape index (κ1) is 19.9. The molecule has 2 aromatic heterocycles. The Bertz CT molecular complexity index is 1010. The molecule has 0 unspecified atom stereocenters. The molecule has 4 rings (SSSR count). The normalized spacial score (nSPS) is 14.8. The van der Waals surface area contributed by atoms with Crippen molar-refractivity contribution in [2.75, 3.05) is 38.1 Å². The summed E-state index contributed by atoms with van der Waals surface area (Å²) in [6.45, 7) is 5.82. The van der Waals surface area contributed by atoms with Gasteiger partial charge in [-0.2, -0.15) is 0 Å². The number of hydrogen-bond acceptors (Lipinski definition) is 4. The van der Waals surface area contributed by atoms with Crippen molar-refractivity contribution in [1.82, 2.24) is 24.8 Å². The minimum absolute atomic E-state index is 0.269. The molecule has 1 aliphatic heterocycles. The van der Waals surface area contributed by atoms with Crippen molar-refractivity contribution in [3.05, 3.63) is 72.2 Å². The van der Waals surface area contributed by atoms with E-state index in [9.17, 15) is 4.39 Å². The van der Waals surface area contributed by atoms with Crippen LogP contribution in [0.5, 0.6) is 0 Å². The molecule has 3 heterocycles. The smallest absolute Gasteiger partial charge is 0.194 e. The molecule has 0 saturated carbocycles. The molecule has 1 N–H and O–H groups in total. The van der Waals surface area contributed by atoms with Crippen LogP contribution in [-0.2, 0) is 6.54 Å². The molecular formula is C22H26FN7. The number of imidazole rings is 1. The second-order valence-electron chi connectivity index (χ2n) is 7.19. The maximum Gasteiger partial charge on any atom is 0.194 e. The second kappa shape index (κ2) is 8.94. The van der Waals surface area contributed by atoms with Gasteiger partial charge in [0, 0.05) is 58.4 Å². The summed E-state index contributed by atoms with van der Waals surface area (Å²) in [5.74, 6) is 2.31. The molecule has 1 aliphatic rings. The highest BCUT2D eigenvalue weighted by atomic mass is 19.1. The summed E-state index contributed by atoms with van der Waals surface area (Å²) in [7, 11) is 1.78. The maximum absolute atomic E-state index is 14.6. The van der Waals surface area contributed by atoms with Crippen LogP contribution >= 0.6 is 0 Å². The number of anilines is 1. The van der Waals surface area contributed by atoms with Gasteiger partial charge in [-0.05, 0) is 36.8 Å². The first-order chi connectivity index (χ1) is 14.7. The molecule has 0 amide bonds. The minimum atomic E-state index is -0.269. The van der Waals surface area contributed by atoms with Crippen LogP contribution in [0.25, 0.3) is 5.69 Å². The van der Waals surface area contributed by atoms with Gasteiger partial charge in [0.2, 0.25) is 0 Å². The lowest BCUT2D eigenvalue weighted by Crippen LogP contribution is -2.52. The highest BCUT2D eigenvalue weighted by Gasteiger charge is 2.20. The average molecular weight is 407 g/mol. The summed E-state index contributed by atoms with van der Waals surface area (Å²) in [5.41, 5.74) is 1.37. The molecule has 8 heteroatoms. The number of aryl methyl sites for hydroxylation is 1. The maximum atomic E-state index is 14.6. The molecular weight excluding hydrogens is 381 g/mol. The summed E-state index contributed by atoms with van der Waals surface area (Å²) in [6, 6.07) is 11.2. The van der Waals surface area contributed by atoms with Gasteiger partial charge in [0.15, 0.2) is 5.96 Å². The zero-order valence-corrected chi connectivity index (χ0v) is 17.3. The van der Waals surface area contributed by atoms with Crippen molar-refractivity contribution in [3.63, 3.8) is 0 Å². The summed E-state index contributed by atoms with van der Waals surface area (Å²) in [5, 5.41) is 3.36. The number of aliphatic imine (C=N–C) groups is 1. The summed E-state index contributed by atoms with van der Waals surface area (Å²) in [4.78, 5) is 17.5. The first-order valence-corrected chi connectivity index (χ1v) is 10.1. The number of benzene rings is 1. The fraction of sp³-hybridized carbons (Fsp3) is 0.318. The number of aromatic nitrogens is 3. The van der Waals surface area contributed by atoms with Crippen LogP contribution in [0.4, 0.5) is 10.2 Å². The van der Waals surface area contributed by atoms with Crippen LogP contribution in [0, 0.1) is 12.7 Å². The summed E-state index contributed by atoms with van der Waals surface area (Å²) >= 11 is 0. The predicted molar refractivity (Wildman–Crippen MR) is 116 cm³/mol. The molecule has 30 heavy (non-hydrogen) atoms. The molecule has 1 saturated heterocycles. The summed E-state index contributed by atoms with van der Waals surface area (Å²) in [6.07, 6.45) is 5.25. The van der Waals surface area contributed by atoms with Gasteiger partial charge in [0.25, 0.3) is 0 Å². The fourth-order valence-corrected chi connectivity index (χ4v) is 3.69. The van der Waals surface area contributed by atoms with E-state index < -0.39 is 0 Å². The summed E-state index contributed by atoms with van der Waals surface area (Å²) < 4.78 is 16.4. The Morgan fingerprint density at radius 2 is 1.93 bits per heavy atom. The molecule has 7 nitrogen and oxygen atoms in total. The number of rotatable bonds is 4. The van der Waals surface area contributed by atoms with E-state index in [4.69, 9.17) is 0 Å². The van der Waals surface area contributed by atoms with Gasteiger partial charge in [0.05, 0.1) is 5.69 Å². The largest absolute Gasteiger partial charge is 0.353 e. The van der Waals surface area contributed by atoms with Crippen LogP contribution < -0.4 is 10.2 Å². The number of halogens is 1. The number of hydrogen-bond donors (Lipinski definition) is 1. The topological polar surface area (TPSA) is 61.6 Å². The lowest BCUT2D eigenvalue weighted by atomic mass is 10.2. The Balaban J connectivity index is 1.35. The highest BCUT2D eigenvalue weighted by Crippen LogP contribution is 2.17. The van der Waals surface area contributed by atoms with Crippen LogP contribution in [0.1, 0.15) is 11.4 Å². The van der Waals surface area contributed by atoms with Gasteiger partial charge in [0.1, 0.15) is 17.5 Å². The van der Waals surface area contributed by atoms with E-state index >= 15 is 0 Å². The molecule has 0 spiro atoms. The van der Waals surface area contributed by atoms with Crippen LogP contribution in [-0.4, -0.2) is 58.6 Å². The van der Waals surface area contributed by atoms with Crippen molar-refractivity contribution in [2.24, 2.45) is 4.99 Å². The molecule has 0 aliphatic carbocycles. The lowest BCUT2D eigenvalue weighted by Gasteiger charge is -2.37. The van der Waals surface area contributed by atoms with Gasteiger partial charge < -0.3 is 19.7 Å². The van der Waals surface area contributed by atoms with Crippen molar-refractivity contribution in [3.8, 4) is 5.69 Å². The number of nitrogens with zero attached hydrogens (tertiary/aromatic N) is 6. The van der Waals surface area contributed by atoms with Gasteiger partial charge in [-0.3, -0.25) is 4.99 Å². The van der Waals surface area contributed by atoms with Crippen LogP contribution in [0.2, 0.25) is 0 Å². The van der Waals surface area contributed by atoms with Crippen molar-refractivity contribution >= 4 is 11.8 Å². The van der Waals surface area contributed by atoms with Gasteiger partial charge >= 0.3 is 0 Å². The van der Waals surface area contributed by atoms with Crippen molar-refractivity contribution in [2.45, 2.75) is 13.5 Å². The zero-order chi connectivity index (χ0) is 20.9. The average Bonchev–Trinajstić information content (AvgIpc) is 3.21.